The molecule has 4 rings (SSSR count). The second-order valence-electron chi connectivity index (χ2n) is 4.41. The van der Waals surface area contributed by atoms with Crippen molar-refractivity contribution in [2.24, 2.45) is 0 Å². The predicted molar refractivity (Wildman–Crippen MR) is 71.9 cm³/mol. The lowest BCUT2D eigenvalue weighted by atomic mass is 10.1. The smallest absolute Gasteiger partial charge is 0.231 e. The Morgan fingerprint density at radius 3 is 2.79 bits per heavy atom. The second-order valence-corrected chi connectivity index (χ2v) is 4.41. The van der Waals surface area contributed by atoms with Crippen LogP contribution in [0.3, 0.4) is 0 Å². The molecule has 0 aliphatic carbocycles. The van der Waals surface area contributed by atoms with Crippen LogP contribution >= 0.6 is 0 Å². The van der Waals surface area contributed by atoms with E-state index in [0.717, 1.165) is 38.9 Å². The standard InChI is InChI=1S/C15H11NO3/c1-17-12-4-2-3-10-11-6-14-13(18-8-19-14)5-9(11)7-16-15(10)12/h2-7H,8H2,1H3. The first-order valence-corrected chi connectivity index (χ1v) is 6.02. The van der Waals surface area contributed by atoms with Crippen LogP contribution in [-0.4, -0.2) is 18.9 Å². The van der Waals surface area contributed by atoms with Gasteiger partial charge in [-0.2, -0.15) is 0 Å². The molecule has 2 heterocycles. The van der Waals surface area contributed by atoms with Gasteiger partial charge in [-0.25, -0.2) is 0 Å². The van der Waals surface area contributed by atoms with E-state index in [4.69, 9.17) is 14.2 Å². The van der Waals surface area contributed by atoms with Gasteiger partial charge in [0.15, 0.2) is 11.5 Å². The molecule has 0 fully saturated rings. The topological polar surface area (TPSA) is 40.6 Å². The molecule has 3 aromatic rings. The Kier molecular flexibility index (Phi) is 2.06. The van der Waals surface area contributed by atoms with Crippen molar-refractivity contribution in [3.8, 4) is 17.2 Å². The van der Waals surface area contributed by atoms with Gasteiger partial charge in [-0.1, -0.05) is 12.1 Å². The van der Waals surface area contributed by atoms with Gasteiger partial charge in [-0.05, 0) is 23.6 Å². The van der Waals surface area contributed by atoms with Crippen molar-refractivity contribution in [3.05, 3.63) is 36.5 Å². The lowest BCUT2D eigenvalue weighted by Crippen LogP contribution is -1.92. The molecule has 2 aromatic carbocycles. The van der Waals surface area contributed by atoms with E-state index in [9.17, 15) is 0 Å². The third-order valence-electron chi connectivity index (χ3n) is 3.39. The van der Waals surface area contributed by atoms with Crippen molar-refractivity contribution in [3.63, 3.8) is 0 Å². The highest BCUT2D eigenvalue weighted by Crippen LogP contribution is 2.39. The van der Waals surface area contributed by atoms with Gasteiger partial charge in [0.1, 0.15) is 11.3 Å². The van der Waals surface area contributed by atoms with E-state index in [1.165, 1.54) is 0 Å². The quantitative estimate of drug-likeness (QED) is 0.625. The van der Waals surface area contributed by atoms with Crippen molar-refractivity contribution in [2.75, 3.05) is 13.9 Å². The summed E-state index contributed by atoms with van der Waals surface area (Å²) >= 11 is 0. The molecule has 0 radical (unpaired) electrons. The molecule has 0 amide bonds. The predicted octanol–water partition coefficient (Wildman–Crippen LogP) is 3.13. The maximum absolute atomic E-state index is 5.44. The Balaban J connectivity index is 2.13. The van der Waals surface area contributed by atoms with Gasteiger partial charge in [-0.15, -0.1) is 0 Å². The monoisotopic (exact) mass is 253 g/mol. The van der Waals surface area contributed by atoms with E-state index in [2.05, 4.69) is 4.98 Å². The summed E-state index contributed by atoms with van der Waals surface area (Å²) in [5.74, 6) is 2.33. The first kappa shape index (κ1) is 10.4. The minimum atomic E-state index is 0.278. The number of ether oxygens (including phenoxy) is 3. The summed E-state index contributed by atoms with van der Waals surface area (Å²) in [5, 5.41) is 3.17. The van der Waals surface area contributed by atoms with Gasteiger partial charge in [-0.3, -0.25) is 4.98 Å². The Morgan fingerprint density at radius 1 is 1.11 bits per heavy atom. The fourth-order valence-electron chi connectivity index (χ4n) is 2.47. The molecule has 0 atom stereocenters. The van der Waals surface area contributed by atoms with Gasteiger partial charge >= 0.3 is 0 Å². The second kappa shape index (κ2) is 3.75. The van der Waals surface area contributed by atoms with Gasteiger partial charge in [0, 0.05) is 17.0 Å². The summed E-state index contributed by atoms with van der Waals surface area (Å²) in [4.78, 5) is 4.48. The van der Waals surface area contributed by atoms with Gasteiger partial charge in [0.05, 0.1) is 7.11 Å². The van der Waals surface area contributed by atoms with E-state index >= 15 is 0 Å². The van der Waals surface area contributed by atoms with Crippen LogP contribution in [0.2, 0.25) is 0 Å². The zero-order valence-electron chi connectivity index (χ0n) is 10.3. The number of hydrogen-bond donors (Lipinski definition) is 0. The lowest BCUT2D eigenvalue weighted by Gasteiger charge is -2.08. The molecule has 1 aromatic heterocycles. The highest BCUT2D eigenvalue weighted by Gasteiger charge is 2.16. The van der Waals surface area contributed by atoms with E-state index in [-0.39, 0.29) is 6.79 Å². The number of para-hydroxylation sites is 1. The fourth-order valence-corrected chi connectivity index (χ4v) is 2.47. The minimum Gasteiger partial charge on any atom is -0.494 e. The van der Waals surface area contributed by atoms with Crippen molar-refractivity contribution < 1.29 is 14.2 Å². The highest BCUT2D eigenvalue weighted by molar-refractivity contribution is 6.08. The zero-order valence-corrected chi connectivity index (χ0v) is 10.3. The first-order chi connectivity index (χ1) is 9.36. The summed E-state index contributed by atoms with van der Waals surface area (Å²) in [7, 11) is 1.65. The molecule has 0 saturated heterocycles. The maximum Gasteiger partial charge on any atom is 0.231 e. The molecule has 0 bridgehead atoms. The molecular formula is C15H11NO3. The maximum atomic E-state index is 5.44. The number of aromatic nitrogens is 1. The van der Waals surface area contributed by atoms with Crippen LogP contribution in [-0.2, 0) is 0 Å². The zero-order chi connectivity index (χ0) is 12.8. The number of nitrogens with zero attached hydrogens (tertiary/aromatic N) is 1. The molecule has 94 valence electrons. The largest absolute Gasteiger partial charge is 0.494 e. The van der Waals surface area contributed by atoms with Crippen LogP contribution in [0, 0.1) is 0 Å². The minimum absolute atomic E-state index is 0.278. The van der Waals surface area contributed by atoms with Crippen LogP contribution in [0.5, 0.6) is 17.2 Å². The number of methoxy groups -OCH3 is 1. The Morgan fingerprint density at radius 2 is 1.95 bits per heavy atom. The molecule has 0 spiro atoms. The first-order valence-electron chi connectivity index (χ1n) is 6.02. The summed E-state index contributed by atoms with van der Waals surface area (Å²) in [6.07, 6.45) is 1.84. The number of rotatable bonds is 1. The third kappa shape index (κ3) is 1.43. The fraction of sp³-hybridized carbons (Fsp3) is 0.133. The molecule has 19 heavy (non-hydrogen) atoms. The third-order valence-corrected chi connectivity index (χ3v) is 3.39. The van der Waals surface area contributed by atoms with Crippen LogP contribution in [0.25, 0.3) is 21.7 Å². The normalized spacial score (nSPS) is 13.1. The molecular weight excluding hydrogens is 242 g/mol. The molecule has 4 heteroatoms. The number of hydrogen-bond acceptors (Lipinski definition) is 4. The molecule has 1 aliphatic rings. The molecule has 0 unspecified atom stereocenters. The summed E-state index contributed by atoms with van der Waals surface area (Å²) in [5.41, 5.74) is 0.858. The van der Waals surface area contributed by atoms with Crippen molar-refractivity contribution in [1.82, 2.24) is 4.98 Å². The van der Waals surface area contributed by atoms with Gasteiger partial charge < -0.3 is 14.2 Å². The van der Waals surface area contributed by atoms with Crippen LogP contribution in [0.15, 0.2) is 36.5 Å². The van der Waals surface area contributed by atoms with E-state index in [0.29, 0.717) is 0 Å². The van der Waals surface area contributed by atoms with Crippen LogP contribution < -0.4 is 14.2 Å². The van der Waals surface area contributed by atoms with Crippen molar-refractivity contribution >= 4 is 21.7 Å². The summed E-state index contributed by atoms with van der Waals surface area (Å²) in [6, 6.07) is 9.88. The van der Waals surface area contributed by atoms with Crippen LogP contribution in [0.1, 0.15) is 0 Å². The van der Waals surface area contributed by atoms with E-state index in [1.54, 1.807) is 7.11 Å². The highest BCUT2D eigenvalue weighted by atomic mass is 16.7. The number of fused-ring (bicyclic) bond motifs is 4. The van der Waals surface area contributed by atoms with Gasteiger partial charge in [0.2, 0.25) is 6.79 Å². The summed E-state index contributed by atoms with van der Waals surface area (Å²) in [6.45, 7) is 0.278. The average Bonchev–Trinajstić information content (AvgIpc) is 2.91. The number of pyridine rings is 1. The lowest BCUT2D eigenvalue weighted by molar-refractivity contribution is 0.174. The molecule has 1 aliphatic heterocycles. The number of benzene rings is 2. The van der Waals surface area contributed by atoms with Crippen molar-refractivity contribution in [1.29, 1.82) is 0 Å². The van der Waals surface area contributed by atoms with E-state index < -0.39 is 0 Å². The Bertz CT molecular complexity index is 798. The summed E-state index contributed by atoms with van der Waals surface area (Å²) < 4.78 is 16.2. The average molecular weight is 253 g/mol. The Hall–Kier alpha value is -2.49. The van der Waals surface area contributed by atoms with Crippen molar-refractivity contribution in [2.45, 2.75) is 0 Å². The molecule has 0 N–H and O–H groups in total. The SMILES string of the molecule is COc1cccc2c1ncc1cc3c(cc12)OCO3. The van der Waals surface area contributed by atoms with E-state index in [1.807, 2.05) is 36.5 Å². The molecule has 0 saturated carbocycles. The van der Waals surface area contributed by atoms with Crippen LogP contribution in [0.4, 0.5) is 0 Å². The van der Waals surface area contributed by atoms with Gasteiger partial charge in [0.25, 0.3) is 0 Å². The Labute approximate surface area is 109 Å². The molecule has 4 nitrogen and oxygen atoms in total.